The number of sulfonamides is 1. The van der Waals surface area contributed by atoms with Crippen molar-refractivity contribution in [1.29, 1.82) is 0 Å². The highest BCUT2D eigenvalue weighted by molar-refractivity contribution is 7.89. The number of rotatable bonds is 4. The largest absolute Gasteiger partial charge is 0.322 e. The van der Waals surface area contributed by atoms with E-state index in [1.165, 1.54) is 6.42 Å². The Morgan fingerprint density at radius 2 is 2.26 bits per heavy atom. The highest BCUT2D eigenvalue weighted by Crippen LogP contribution is 2.39. The molecule has 2 bridgehead atoms. The standard InChI is InChI=1S/C13H19N3O2S/c14-12(13-3-1-2-6-15-13)9-19(17,18)16-8-10-4-5-11(16)7-10/h1-3,6,10-12H,4-5,7-9,14H2. The zero-order valence-electron chi connectivity index (χ0n) is 10.8. The van der Waals surface area contributed by atoms with E-state index < -0.39 is 16.1 Å². The fourth-order valence-corrected chi connectivity index (χ4v) is 5.12. The van der Waals surface area contributed by atoms with E-state index in [0.717, 1.165) is 12.8 Å². The lowest BCUT2D eigenvalue weighted by molar-refractivity contribution is 0.332. The molecule has 6 heteroatoms. The molecule has 2 N–H and O–H groups in total. The fraction of sp³-hybridized carbons (Fsp3) is 0.615. The van der Waals surface area contributed by atoms with Crippen LogP contribution in [0, 0.1) is 5.92 Å². The van der Waals surface area contributed by atoms with E-state index in [-0.39, 0.29) is 11.8 Å². The Morgan fingerprint density at radius 3 is 2.84 bits per heavy atom. The minimum absolute atomic E-state index is 0.0484. The summed E-state index contributed by atoms with van der Waals surface area (Å²) < 4.78 is 26.5. The van der Waals surface area contributed by atoms with Gasteiger partial charge in [0.2, 0.25) is 10.0 Å². The van der Waals surface area contributed by atoms with Crippen molar-refractivity contribution in [2.45, 2.75) is 31.3 Å². The van der Waals surface area contributed by atoms with Crippen LogP contribution in [0.3, 0.4) is 0 Å². The summed E-state index contributed by atoms with van der Waals surface area (Å²) in [4.78, 5) is 4.13. The van der Waals surface area contributed by atoms with Crippen LogP contribution in [-0.2, 0) is 10.0 Å². The van der Waals surface area contributed by atoms with Gasteiger partial charge in [0.1, 0.15) is 0 Å². The summed E-state index contributed by atoms with van der Waals surface area (Å²) in [6.07, 6.45) is 4.84. The van der Waals surface area contributed by atoms with Crippen LogP contribution in [0.5, 0.6) is 0 Å². The van der Waals surface area contributed by atoms with E-state index in [0.29, 0.717) is 18.2 Å². The molecule has 19 heavy (non-hydrogen) atoms. The molecule has 2 fully saturated rings. The number of hydrogen-bond acceptors (Lipinski definition) is 4. The lowest BCUT2D eigenvalue weighted by Crippen LogP contribution is -2.41. The molecule has 5 nitrogen and oxygen atoms in total. The van der Waals surface area contributed by atoms with Crippen LogP contribution in [0.4, 0.5) is 0 Å². The average molecular weight is 281 g/mol. The van der Waals surface area contributed by atoms with Crippen LogP contribution in [0.2, 0.25) is 0 Å². The molecule has 104 valence electrons. The predicted molar refractivity (Wildman–Crippen MR) is 72.8 cm³/mol. The Bertz CT molecular complexity index is 546. The SMILES string of the molecule is NC(CS(=O)(=O)N1CC2CCC1C2)c1ccccn1. The van der Waals surface area contributed by atoms with Crippen molar-refractivity contribution in [3.05, 3.63) is 30.1 Å². The van der Waals surface area contributed by atoms with Crippen LogP contribution >= 0.6 is 0 Å². The molecule has 0 spiro atoms. The quantitative estimate of drug-likeness (QED) is 0.889. The Balaban J connectivity index is 1.72. The van der Waals surface area contributed by atoms with Gasteiger partial charge in [0.25, 0.3) is 0 Å². The molecule has 1 aromatic heterocycles. The van der Waals surface area contributed by atoms with Gasteiger partial charge in [-0.3, -0.25) is 4.98 Å². The Labute approximate surface area is 113 Å². The first kappa shape index (κ1) is 13.0. The fourth-order valence-electron chi connectivity index (χ4n) is 3.22. The number of fused-ring (bicyclic) bond motifs is 2. The second-order valence-corrected chi connectivity index (χ2v) is 7.51. The molecule has 2 heterocycles. The molecule has 1 aliphatic heterocycles. The first-order valence-corrected chi connectivity index (χ1v) is 8.33. The molecular formula is C13H19N3O2S. The molecule has 3 atom stereocenters. The van der Waals surface area contributed by atoms with E-state index in [2.05, 4.69) is 4.98 Å². The van der Waals surface area contributed by atoms with Crippen molar-refractivity contribution in [3.63, 3.8) is 0 Å². The highest BCUT2D eigenvalue weighted by atomic mass is 32.2. The number of nitrogens with zero attached hydrogens (tertiary/aromatic N) is 2. The van der Waals surface area contributed by atoms with Crippen LogP contribution in [0.25, 0.3) is 0 Å². The maximum Gasteiger partial charge on any atom is 0.216 e. The number of piperidine rings is 1. The van der Waals surface area contributed by atoms with Gasteiger partial charge < -0.3 is 5.73 Å². The van der Waals surface area contributed by atoms with E-state index in [1.54, 1.807) is 22.6 Å². The number of nitrogens with two attached hydrogens (primary N) is 1. The lowest BCUT2D eigenvalue weighted by Gasteiger charge is -2.27. The maximum atomic E-state index is 12.4. The summed E-state index contributed by atoms with van der Waals surface area (Å²) in [6.45, 7) is 0.682. The topological polar surface area (TPSA) is 76.3 Å². The first-order chi connectivity index (χ1) is 9.06. The molecule has 1 saturated carbocycles. The zero-order valence-corrected chi connectivity index (χ0v) is 11.6. The van der Waals surface area contributed by atoms with Crippen molar-refractivity contribution in [1.82, 2.24) is 9.29 Å². The molecule has 1 aliphatic carbocycles. The minimum Gasteiger partial charge on any atom is -0.322 e. The smallest absolute Gasteiger partial charge is 0.216 e. The summed E-state index contributed by atoms with van der Waals surface area (Å²) in [6, 6.07) is 5.06. The van der Waals surface area contributed by atoms with E-state index >= 15 is 0 Å². The van der Waals surface area contributed by atoms with Gasteiger partial charge in [-0.2, -0.15) is 4.31 Å². The number of hydrogen-bond donors (Lipinski definition) is 1. The van der Waals surface area contributed by atoms with Gasteiger partial charge >= 0.3 is 0 Å². The Hall–Kier alpha value is -0.980. The summed E-state index contributed by atoms with van der Waals surface area (Å²) in [5.41, 5.74) is 6.61. The molecule has 1 saturated heterocycles. The monoisotopic (exact) mass is 281 g/mol. The van der Waals surface area contributed by atoms with Gasteiger partial charge in [-0.05, 0) is 37.3 Å². The molecule has 0 radical (unpaired) electrons. The second-order valence-electron chi connectivity index (χ2n) is 5.54. The van der Waals surface area contributed by atoms with Gasteiger partial charge in [-0.25, -0.2) is 8.42 Å². The highest BCUT2D eigenvalue weighted by Gasteiger charge is 2.44. The van der Waals surface area contributed by atoms with Gasteiger partial charge in [0.15, 0.2) is 0 Å². The molecular weight excluding hydrogens is 262 g/mol. The summed E-state index contributed by atoms with van der Waals surface area (Å²) in [5.74, 6) is 0.513. The van der Waals surface area contributed by atoms with Crippen molar-refractivity contribution in [2.24, 2.45) is 11.7 Å². The van der Waals surface area contributed by atoms with Gasteiger partial charge in [0, 0.05) is 18.8 Å². The van der Waals surface area contributed by atoms with Crippen LogP contribution in [-0.4, -0.2) is 36.0 Å². The van der Waals surface area contributed by atoms with Gasteiger partial charge in [-0.15, -0.1) is 0 Å². The van der Waals surface area contributed by atoms with Crippen LogP contribution < -0.4 is 5.73 Å². The molecule has 1 aromatic rings. The second kappa shape index (κ2) is 4.85. The summed E-state index contributed by atoms with van der Waals surface area (Å²) in [7, 11) is -3.27. The van der Waals surface area contributed by atoms with E-state index in [9.17, 15) is 8.42 Å². The van der Waals surface area contributed by atoms with E-state index in [1.807, 2.05) is 6.07 Å². The molecule has 3 unspecified atom stereocenters. The predicted octanol–water partition coefficient (Wildman–Crippen LogP) is 0.895. The summed E-state index contributed by atoms with van der Waals surface area (Å²) >= 11 is 0. The van der Waals surface area contributed by atoms with Crippen molar-refractivity contribution in [3.8, 4) is 0 Å². The van der Waals surface area contributed by atoms with Crippen LogP contribution in [0.1, 0.15) is 31.0 Å². The molecule has 0 aromatic carbocycles. The Morgan fingerprint density at radius 1 is 1.42 bits per heavy atom. The van der Waals surface area contributed by atoms with Crippen molar-refractivity contribution < 1.29 is 8.42 Å². The third kappa shape index (κ3) is 2.52. The molecule has 0 amide bonds. The van der Waals surface area contributed by atoms with Crippen molar-refractivity contribution in [2.75, 3.05) is 12.3 Å². The third-order valence-electron chi connectivity index (χ3n) is 4.17. The average Bonchev–Trinajstić information content (AvgIpc) is 3.02. The number of pyridine rings is 1. The van der Waals surface area contributed by atoms with Gasteiger partial charge in [0.05, 0.1) is 17.5 Å². The normalized spacial score (nSPS) is 28.7. The zero-order chi connectivity index (χ0) is 13.5. The number of aromatic nitrogens is 1. The minimum atomic E-state index is -3.27. The van der Waals surface area contributed by atoms with Gasteiger partial charge in [-0.1, -0.05) is 6.07 Å². The van der Waals surface area contributed by atoms with Crippen molar-refractivity contribution >= 4 is 10.0 Å². The maximum absolute atomic E-state index is 12.4. The Kier molecular flexibility index (Phi) is 3.32. The van der Waals surface area contributed by atoms with E-state index in [4.69, 9.17) is 5.73 Å². The third-order valence-corrected chi connectivity index (χ3v) is 6.12. The van der Waals surface area contributed by atoms with Crippen LogP contribution in [0.15, 0.2) is 24.4 Å². The molecule has 3 rings (SSSR count). The summed E-state index contributed by atoms with van der Waals surface area (Å²) in [5, 5.41) is 0. The molecule has 2 aliphatic rings. The first-order valence-electron chi connectivity index (χ1n) is 6.72. The lowest BCUT2D eigenvalue weighted by atomic mass is 10.1.